The fourth-order valence-corrected chi connectivity index (χ4v) is 1.40. The summed E-state index contributed by atoms with van der Waals surface area (Å²) in [7, 11) is 3.63. The Morgan fingerprint density at radius 2 is 2.42 bits per heavy atom. The Kier molecular flexibility index (Phi) is 3.56. The van der Waals surface area contributed by atoms with Crippen molar-refractivity contribution in [1.82, 2.24) is 5.32 Å². The smallest absolute Gasteiger partial charge is 0.112 e. The summed E-state index contributed by atoms with van der Waals surface area (Å²) in [5.41, 5.74) is 0. The van der Waals surface area contributed by atoms with Crippen LogP contribution >= 0.6 is 0 Å². The second-order valence-electron chi connectivity index (χ2n) is 2.95. The Morgan fingerprint density at radius 3 is 2.83 bits per heavy atom. The second-order valence-corrected chi connectivity index (χ2v) is 2.95. The number of ether oxygens (including phenoxy) is 2. The molecule has 2 unspecified atom stereocenters. The van der Waals surface area contributed by atoms with Gasteiger partial charge < -0.3 is 14.8 Å². The number of methoxy groups -OCH3 is 1. The summed E-state index contributed by atoms with van der Waals surface area (Å²) in [6.07, 6.45) is 3.29. The highest BCUT2D eigenvalue weighted by molar-refractivity contribution is 5.08. The molecule has 0 saturated carbocycles. The lowest BCUT2D eigenvalue weighted by Gasteiger charge is -2.22. The van der Waals surface area contributed by atoms with Crippen LogP contribution in [0.5, 0.6) is 0 Å². The predicted molar refractivity (Wildman–Crippen MR) is 48.0 cm³/mol. The molecule has 3 nitrogen and oxygen atoms in total. The van der Waals surface area contributed by atoms with Gasteiger partial charge in [0.1, 0.15) is 5.76 Å². The second kappa shape index (κ2) is 4.48. The van der Waals surface area contributed by atoms with Gasteiger partial charge in [-0.2, -0.15) is 0 Å². The van der Waals surface area contributed by atoms with E-state index in [0.717, 1.165) is 18.8 Å². The molecule has 12 heavy (non-hydrogen) atoms. The molecule has 0 saturated heterocycles. The van der Waals surface area contributed by atoms with E-state index >= 15 is 0 Å². The molecular weight excluding hydrogens is 154 g/mol. The van der Waals surface area contributed by atoms with Gasteiger partial charge in [0.25, 0.3) is 0 Å². The molecule has 70 valence electrons. The molecule has 0 aliphatic carbocycles. The molecule has 0 amide bonds. The van der Waals surface area contributed by atoms with Gasteiger partial charge in [0.15, 0.2) is 0 Å². The highest BCUT2D eigenvalue weighted by atomic mass is 16.5. The molecule has 0 spiro atoms. The third-order valence-electron chi connectivity index (χ3n) is 2.19. The van der Waals surface area contributed by atoms with Crippen LogP contribution in [0.2, 0.25) is 0 Å². The summed E-state index contributed by atoms with van der Waals surface area (Å²) in [6, 6.07) is 0.192. The number of rotatable bonds is 4. The first-order chi connectivity index (χ1) is 5.79. The molecule has 0 radical (unpaired) electrons. The molecule has 1 rings (SSSR count). The van der Waals surface area contributed by atoms with Gasteiger partial charge >= 0.3 is 0 Å². The van der Waals surface area contributed by atoms with Crippen molar-refractivity contribution in [2.75, 3.05) is 20.8 Å². The quantitative estimate of drug-likeness (QED) is 0.682. The van der Waals surface area contributed by atoms with Gasteiger partial charge in [0.2, 0.25) is 0 Å². The summed E-state index contributed by atoms with van der Waals surface area (Å²) >= 11 is 0. The highest BCUT2D eigenvalue weighted by Gasteiger charge is 2.22. The van der Waals surface area contributed by atoms with Gasteiger partial charge in [-0.15, -0.1) is 0 Å². The Labute approximate surface area is 73.7 Å². The first-order valence-corrected chi connectivity index (χ1v) is 4.32. The lowest BCUT2D eigenvalue weighted by atomic mass is 10.1. The minimum atomic E-state index is 0.152. The lowest BCUT2D eigenvalue weighted by Crippen LogP contribution is -2.38. The molecule has 1 heterocycles. The zero-order valence-electron chi connectivity index (χ0n) is 7.96. The monoisotopic (exact) mass is 171 g/mol. The normalized spacial score (nSPS) is 21.4. The van der Waals surface area contributed by atoms with Gasteiger partial charge in [0.05, 0.1) is 18.8 Å². The van der Waals surface area contributed by atoms with E-state index in [2.05, 4.69) is 11.4 Å². The number of hydrogen-bond acceptors (Lipinski definition) is 3. The maximum absolute atomic E-state index is 5.45. The van der Waals surface area contributed by atoms with Gasteiger partial charge in [-0.3, -0.25) is 0 Å². The zero-order valence-corrected chi connectivity index (χ0v) is 7.96. The molecule has 0 fully saturated rings. The molecule has 0 aromatic carbocycles. The van der Waals surface area contributed by atoms with Crippen molar-refractivity contribution in [2.45, 2.75) is 25.5 Å². The fraction of sp³-hybridized carbons (Fsp3) is 0.778. The van der Waals surface area contributed by atoms with Crippen LogP contribution in [0, 0.1) is 0 Å². The van der Waals surface area contributed by atoms with Crippen molar-refractivity contribution in [3.63, 3.8) is 0 Å². The molecule has 0 bridgehead atoms. The first-order valence-electron chi connectivity index (χ1n) is 4.32. The molecular formula is C9H17NO2. The third-order valence-corrected chi connectivity index (χ3v) is 2.19. The van der Waals surface area contributed by atoms with Crippen molar-refractivity contribution < 1.29 is 9.47 Å². The standard InChI is InChI=1S/C9H17NO2/c1-7(11-3)9(10-2)8-5-4-6-12-8/h5,7,9-10H,4,6H2,1-3H3. The molecule has 1 aliphatic heterocycles. The van der Waals surface area contributed by atoms with Gasteiger partial charge in [-0.05, 0) is 20.0 Å². The molecule has 2 atom stereocenters. The highest BCUT2D eigenvalue weighted by Crippen LogP contribution is 2.16. The number of nitrogens with one attached hydrogen (secondary N) is 1. The Hall–Kier alpha value is -0.540. The maximum Gasteiger partial charge on any atom is 0.112 e. The molecule has 3 heteroatoms. The largest absolute Gasteiger partial charge is 0.496 e. The van der Waals surface area contributed by atoms with Gasteiger partial charge in [-0.1, -0.05) is 0 Å². The van der Waals surface area contributed by atoms with Crippen LogP contribution in [0.3, 0.4) is 0 Å². The van der Waals surface area contributed by atoms with Crippen LogP contribution in [0.15, 0.2) is 11.8 Å². The van der Waals surface area contributed by atoms with E-state index in [-0.39, 0.29) is 12.1 Å². The van der Waals surface area contributed by atoms with Crippen molar-refractivity contribution in [2.24, 2.45) is 0 Å². The third kappa shape index (κ3) is 1.99. The van der Waals surface area contributed by atoms with Crippen LogP contribution in [0.25, 0.3) is 0 Å². The van der Waals surface area contributed by atoms with E-state index in [1.54, 1.807) is 7.11 Å². The number of likely N-dealkylation sites (N-methyl/N-ethyl adjacent to an activating group) is 1. The van der Waals surface area contributed by atoms with E-state index in [1.807, 2.05) is 14.0 Å². The van der Waals surface area contributed by atoms with Gasteiger partial charge in [-0.25, -0.2) is 0 Å². The maximum atomic E-state index is 5.45. The SMILES string of the molecule is CNC(C1=CCCO1)C(C)OC. The van der Waals surface area contributed by atoms with Crippen LogP contribution in [0.1, 0.15) is 13.3 Å². The van der Waals surface area contributed by atoms with Crippen molar-refractivity contribution in [3.05, 3.63) is 11.8 Å². The van der Waals surface area contributed by atoms with E-state index in [9.17, 15) is 0 Å². The Bertz CT molecular complexity index is 168. The predicted octanol–water partition coefficient (Wildman–Crippen LogP) is 0.913. The summed E-state index contributed by atoms with van der Waals surface area (Å²) < 4.78 is 10.7. The average molecular weight is 171 g/mol. The zero-order chi connectivity index (χ0) is 8.97. The van der Waals surface area contributed by atoms with Crippen LogP contribution in [-0.4, -0.2) is 32.9 Å². The van der Waals surface area contributed by atoms with Crippen LogP contribution < -0.4 is 5.32 Å². The Balaban J connectivity index is 2.54. The van der Waals surface area contributed by atoms with E-state index in [4.69, 9.17) is 9.47 Å². The molecule has 1 aliphatic rings. The van der Waals surface area contributed by atoms with Crippen molar-refractivity contribution in [1.29, 1.82) is 0 Å². The minimum absolute atomic E-state index is 0.152. The first kappa shape index (κ1) is 9.55. The average Bonchev–Trinajstić information content (AvgIpc) is 2.58. The summed E-state index contributed by atoms with van der Waals surface area (Å²) in [5.74, 6) is 1.02. The summed E-state index contributed by atoms with van der Waals surface area (Å²) in [5, 5.41) is 3.18. The van der Waals surface area contributed by atoms with E-state index in [1.165, 1.54) is 0 Å². The van der Waals surface area contributed by atoms with Gasteiger partial charge in [0, 0.05) is 13.5 Å². The lowest BCUT2D eigenvalue weighted by molar-refractivity contribution is 0.0739. The molecule has 0 aromatic rings. The minimum Gasteiger partial charge on any atom is -0.496 e. The van der Waals surface area contributed by atoms with Crippen LogP contribution in [-0.2, 0) is 9.47 Å². The summed E-state index contributed by atoms with van der Waals surface area (Å²) in [6.45, 7) is 2.84. The summed E-state index contributed by atoms with van der Waals surface area (Å²) in [4.78, 5) is 0. The van der Waals surface area contributed by atoms with Crippen molar-refractivity contribution in [3.8, 4) is 0 Å². The van der Waals surface area contributed by atoms with E-state index < -0.39 is 0 Å². The topological polar surface area (TPSA) is 30.5 Å². The fourth-order valence-electron chi connectivity index (χ4n) is 1.40. The Morgan fingerprint density at radius 1 is 1.67 bits per heavy atom. The van der Waals surface area contributed by atoms with Crippen molar-refractivity contribution >= 4 is 0 Å². The molecule has 1 N–H and O–H groups in total. The van der Waals surface area contributed by atoms with Crippen LogP contribution in [0.4, 0.5) is 0 Å². The van der Waals surface area contributed by atoms with E-state index in [0.29, 0.717) is 0 Å². The number of hydrogen-bond donors (Lipinski definition) is 1. The molecule has 0 aromatic heterocycles.